The van der Waals surface area contributed by atoms with E-state index in [1.807, 2.05) is 6.92 Å². The zero-order valence-corrected chi connectivity index (χ0v) is 15.6. The molecule has 4 rings (SSSR count). The number of hydrogen-bond donors (Lipinski definition) is 1. The predicted molar refractivity (Wildman–Crippen MR) is 109 cm³/mol. The van der Waals surface area contributed by atoms with Crippen molar-refractivity contribution >= 4 is 45.3 Å². The van der Waals surface area contributed by atoms with Crippen LogP contribution in [0.3, 0.4) is 0 Å². The number of non-ortho nitro benzene ring substituents is 1. The van der Waals surface area contributed by atoms with Gasteiger partial charge in [-0.1, -0.05) is 12.1 Å². The third-order valence-electron chi connectivity index (χ3n) is 4.98. The number of hydrogen-bond acceptors (Lipinski definition) is 6. The standard InChI is InChI=1S/C20H14N4O6/c1-2-22-16-9-8-15(12-4-3-5-14(18(12)16)20(22)26)21-19(25)13-7-6-11(23(27)28)10-17(13)24(29)30/h3-10H,2H2,1H3,(H,21,25). The van der Waals surface area contributed by atoms with Gasteiger partial charge >= 0.3 is 0 Å². The number of nitro benzene ring substituents is 2. The summed E-state index contributed by atoms with van der Waals surface area (Å²) in [6.45, 7) is 2.35. The van der Waals surface area contributed by atoms with Crippen LogP contribution >= 0.6 is 0 Å². The molecular weight excluding hydrogens is 392 g/mol. The van der Waals surface area contributed by atoms with E-state index in [1.165, 1.54) is 0 Å². The van der Waals surface area contributed by atoms with Crippen molar-refractivity contribution in [2.24, 2.45) is 0 Å². The quantitative estimate of drug-likeness (QED) is 0.504. The van der Waals surface area contributed by atoms with Gasteiger partial charge in [-0.25, -0.2) is 0 Å². The van der Waals surface area contributed by atoms with E-state index in [9.17, 15) is 29.8 Å². The molecule has 0 spiro atoms. The molecule has 0 unspecified atom stereocenters. The van der Waals surface area contributed by atoms with Crippen LogP contribution in [0, 0.1) is 20.2 Å². The topological polar surface area (TPSA) is 136 Å². The normalized spacial score (nSPS) is 12.3. The SMILES string of the molecule is CCN1C(=O)c2cccc3c(NC(=O)c4ccc([N+](=O)[O-])cc4[N+](=O)[O-])ccc1c23. The Kier molecular flexibility index (Phi) is 4.38. The van der Waals surface area contributed by atoms with Gasteiger partial charge in [-0.3, -0.25) is 29.8 Å². The Bertz CT molecular complexity index is 1270. The molecule has 0 radical (unpaired) electrons. The molecule has 0 fully saturated rings. The lowest BCUT2D eigenvalue weighted by Gasteiger charge is -2.15. The fourth-order valence-electron chi connectivity index (χ4n) is 3.64. The Hall–Kier alpha value is -4.34. The molecule has 10 nitrogen and oxygen atoms in total. The summed E-state index contributed by atoms with van der Waals surface area (Å²) >= 11 is 0. The van der Waals surface area contributed by atoms with Crippen molar-refractivity contribution in [2.75, 3.05) is 16.8 Å². The number of nitro groups is 2. The molecule has 0 bridgehead atoms. The maximum Gasteiger partial charge on any atom is 0.289 e. The van der Waals surface area contributed by atoms with Crippen LogP contribution in [0.4, 0.5) is 22.7 Å². The van der Waals surface area contributed by atoms with Gasteiger partial charge in [-0.2, -0.15) is 0 Å². The van der Waals surface area contributed by atoms with Crippen molar-refractivity contribution in [3.63, 3.8) is 0 Å². The van der Waals surface area contributed by atoms with Crippen LogP contribution in [-0.4, -0.2) is 28.2 Å². The first-order valence-electron chi connectivity index (χ1n) is 8.95. The summed E-state index contributed by atoms with van der Waals surface area (Å²) in [5.41, 5.74) is 0.162. The molecule has 2 amide bonds. The van der Waals surface area contributed by atoms with E-state index in [0.717, 1.165) is 23.9 Å². The van der Waals surface area contributed by atoms with E-state index in [1.54, 1.807) is 35.2 Å². The Morgan fingerprint density at radius 2 is 1.83 bits per heavy atom. The fraction of sp³-hybridized carbons (Fsp3) is 0.100. The van der Waals surface area contributed by atoms with Crippen LogP contribution in [0.15, 0.2) is 48.5 Å². The Balaban J connectivity index is 1.78. The number of benzene rings is 3. The highest BCUT2D eigenvalue weighted by Crippen LogP contribution is 2.40. The van der Waals surface area contributed by atoms with Crippen LogP contribution < -0.4 is 10.2 Å². The summed E-state index contributed by atoms with van der Waals surface area (Å²) < 4.78 is 0. The van der Waals surface area contributed by atoms with Gasteiger partial charge < -0.3 is 10.2 Å². The molecule has 1 N–H and O–H groups in total. The first-order chi connectivity index (χ1) is 14.3. The molecule has 30 heavy (non-hydrogen) atoms. The van der Waals surface area contributed by atoms with E-state index in [0.29, 0.717) is 28.6 Å². The maximum absolute atomic E-state index is 12.8. The second-order valence-electron chi connectivity index (χ2n) is 6.58. The van der Waals surface area contributed by atoms with Crippen molar-refractivity contribution in [3.05, 3.63) is 79.9 Å². The van der Waals surface area contributed by atoms with E-state index < -0.39 is 27.1 Å². The zero-order valence-electron chi connectivity index (χ0n) is 15.6. The first kappa shape index (κ1) is 19.0. The second-order valence-corrected chi connectivity index (χ2v) is 6.58. The van der Waals surface area contributed by atoms with Crippen molar-refractivity contribution in [2.45, 2.75) is 6.92 Å². The molecule has 1 aliphatic heterocycles. The van der Waals surface area contributed by atoms with Gasteiger partial charge in [0.05, 0.1) is 21.6 Å². The lowest BCUT2D eigenvalue weighted by atomic mass is 10.0. The highest BCUT2D eigenvalue weighted by atomic mass is 16.6. The summed E-state index contributed by atoms with van der Waals surface area (Å²) in [5, 5.41) is 26.2. The van der Waals surface area contributed by atoms with E-state index in [2.05, 4.69) is 5.32 Å². The molecular formula is C20H14N4O6. The number of nitrogens with zero attached hydrogens (tertiary/aromatic N) is 3. The van der Waals surface area contributed by atoms with Crippen LogP contribution in [0.2, 0.25) is 0 Å². The predicted octanol–water partition coefficient (Wildman–Crippen LogP) is 3.89. The number of carbonyl (C=O) groups is 2. The number of amides is 2. The number of nitrogens with one attached hydrogen (secondary N) is 1. The average Bonchev–Trinajstić information content (AvgIpc) is 3.01. The monoisotopic (exact) mass is 406 g/mol. The summed E-state index contributed by atoms with van der Waals surface area (Å²) in [5.74, 6) is -0.915. The third-order valence-corrected chi connectivity index (χ3v) is 4.98. The number of anilines is 2. The lowest BCUT2D eigenvalue weighted by molar-refractivity contribution is -0.394. The van der Waals surface area contributed by atoms with Crippen LogP contribution in [0.5, 0.6) is 0 Å². The minimum absolute atomic E-state index is 0.132. The zero-order chi connectivity index (χ0) is 21.6. The Morgan fingerprint density at radius 1 is 1.07 bits per heavy atom. The van der Waals surface area contributed by atoms with E-state index >= 15 is 0 Å². The van der Waals surface area contributed by atoms with Crippen LogP contribution in [-0.2, 0) is 0 Å². The van der Waals surface area contributed by atoms with Crippen molar-refractivity contribution < 1.29 is 19.4 Å². The fourth-order valence-corrected chi connectivity index (χ4v) is 3.64. The minimum atomic E-state index is -0.840. The van der Waals surface area contributed by atoms with Gasteiger partial charge in [0.15, 0.2) is 0 Å². The van der Waals surface area contributed by atoms with Crippen molar-refractivity contribution in [3.8, 4) is 0 Å². The van der Waals surface area contributed by atoms with E-state index in [4.69, 9.17) is 0 Å². The molecule has 0 saturated carbocycles. The summed E-state index contributed by atoms with van der Waals surface area (Å²) in [6.07, 6.45) is 0. The smallest absolute Gasteiger partial charge is 0.289 e. The second kappa shape index (κ2) is 6.92. The maximum atomic E-state index is 12.8. The van der Waals surface area contributed by atoms with Gasteiger partial charge in [0.2, 0.25) is 0 Å². The molecule has 3 aromatic carbocycles. The minimum Gasteiger partial charge on any atom is -0.321 e. The molecule has 150 valence electrons. The highest BCUT2D eigenvalue weighted by molar-refractivity contribution is 6.27. The molecule has 3 aromatic rings. The highest BCUT2D eigenvalue weighted by Gasteiger charge is 2.30. The molecule has 1 aliphatic rings. The Labute approximate surface area is 169 Å². The average molecular weight is 406 g/mol. The molecule has 0 aromatic heterocycles. The van der Waals surface area contributed by atoms with Crippen LogP contribution in [0.25, 0.3) is 10.8 Å². The van der Waals surface area contributed by atoms with Gasteiger partial charge in [-0.15, -0.1) is 0 Å². The molecule has 10 heteroatoms. The molecule has 1 heterocycles. The van der Waals surface area contributed by atoms with Crippen molar-refractivity contribution in [1.82, 2.24) is 0 Å². The van der Waals surface area contributed by atoms with Crippen LogP contribution in [0.1, 0.15) is 27.6 Å². The third kappa shape index (κ3) is 2.82. The molecule has 0 atom stereocenters. The van der Waals surface area contributed by atoms with Crippen molar-refractivity contribution in [1.29, 1.82) is 0 Å². The summed E-state index contributed by atoms with van der Waals surface area (Å²) in [6, 6.07) is 11.3. The Morgan fingerprint density at radius 3 is 2.50 bits per heavy atom. The summed E-state index contributed by atoms with van der Waals surface area (Å²) in [7, 11) is 0. The van der Waals surface area contributed by atoms with Gasteiger partial charge in [0.1, 0.15) is 5.56 Å². The molecule has 0 aliphatic carbocycles. The number of rotatable bonds is 5. The first-order valence-corrected chi connectivity index (χ1v) is 8.95. The van der Waals surface area contributed by atoms with Gasteiger partial charge in [-0.05, 0) is 31.2 Å². The van der Waals surface area contributed by atoms with Gasteiger partial charge in [0.25, 0.3) is 23.2 Å². The van der Waals surface area contributed by atoms with Gasteiger partial charge in [0, 0.05) is 34.6 Å². The molecule has 0 saturated heterocycles. The lowest BCUT2D eigenvalue weighted by Crippen LogP contribution is -2.25. The largest absolute Gasteiger partial charge is 0.321 e. The van der Waals surface area contributed by atoms with E-state index in [-0.39, 0.29) is 11.5 Å². The number of carbonyl (C=O) groups excluding carboxylic acids is 2. The summed E-state index contributed by atoms with van der Waals surface area (Å²) in [4.78, 5) is 47.6.